The number of nitrogens with zero attached hydrogens (tertiary/aromatic N) is 3. The molecule has 112 valence electrons. The van der Waals surface area contributed by atoms with Gasteiger partial charge in [0.2, 0.25) is 0 Å². The SMILES string of the molecule is O=c1[nH]c2nc(-c3ccncc3)c(-c3cccc(F)c3)nc2[nH]1. The van der Waals surface area contributed by atoms with Gasteiger partial charge in [-0.3, -0.25) is 15.0 Å². The van der Waals surface area contributed by atoms with Crippen molar-refractivity contribution < 1.29 is 4.39 Å². The molecule has 0 aliphatic heterocycles. The topological polar surface area (TPSA) is 87.3 Å². The third-order valence-electron chi connectivity index (χ3n) is 3.41. The number of aromatic nitrogens is 5. The number of halogens is 1. The van der Waals surface area contributed by atoms with Crippen LogP contribution in [0.2, 0.25) is 0 Å². The van der Waals surface area contributed by atoms with Crippen LogP contribution in [0.1, 0.15) is 0 Å². The summed E-state index contributed by atoms with van der Waals surface area (Å²) in [7, 11) is 0. The minimum absolute atomic E-state index is 0.326. The minimum Gasteiger partial charge on any atom is -0.289 e. The van der Waals surface area contributed by atoms with E-state index in [2.05, 4.69) is 24.9 Å². The van der Waals surface area contributed by atoms with Crippen molar-refractivity contribution in [2.24, 2.45) is 0 Å². The van der Waals surface area contributed by atoms with E-state index < -0.39 is 5.69 Å². The molecular weight excluding hydrogens is 297 g/mol. The number of pyridine rings is 1. The van der Waals surface area contributed by atoms with Crippen molar-refractivity contribution in [1.29, 1.82) is 0 Å². The standard InChI is InChI=1S/C16H10FN5O/c17-11-3-1-2-10(8-11)13-12(9-4-6-18-7-5-9)19-14-15(20-13)22-16(23)21-14/h1-8H,(H2,19,20,21,22,23). The van der Waals surface area contributed by atoms with Crippen molar-refractivity contribution in [3.8, 4) is 22.5 Å². The van der Waals surface area contributed by atoms with Crippen LogP contribution in [0.25, 0.3) is 33.8 Å². The van der Waals surface area contributed by atoms with E-state index in [-0.39, 0.29) is 5.82 Å². The van der Waals surface area contributed by atoms with Gasteiger partial charge in [-0.25, -0.2) is 19.2 Å². The Hall–Kier alpha value is -3.35. The molecule has 4 aromatic rings. The average Bonchev–Trinajstić information content (AvgIpc) is 2.93. The van der Waals surface area contributed by atoms with Crippen molar-refractivity contribution in [2.45, 2.75) is 0 Å². The summed E-state index contributed by atoms with van der Waals surface area (Å²) >= 11 is 0. The molecule has 2 N–H and O–H groups in total. The highest BCUT2D eigenvalue weighted by atomic mass is 19.1. The molecule has 0 unspecified atom stereocenters. The zero-order valence-corrected chi connectivity index (χ0v) is 11.7. The number of nitrogens with one attached hydrogen (secondary N) is 2. The molecule has 0 atom stereocenters. The van der Waals surface area contributed by atoms with Crippen LogP contribution in [-0.2, 0) is 0 Å². The molecule has 0 aliphatic carbocycles. The Morgan fingerprint density at radius 2 is 1.52 bits per heavy atom. The summed E-state index contributed by atoms with van der Waals surface area (Å²) in [5.41, 5.74) is 2.66. The van der Waals surface area contributed by atoms with Crippen LogP contribution < -0.4 is 5.69 Å². The van der Waals surface area contributed by atoms with E-state index in [0.29, 0.717) is 28.2 Å². The maximum absolute atomic E-state index is 13.6. The predicted octanol–water partition coefficient (Wildman–Crippen LogP) is 2.51. The number of rotatable bonds is 2. The number of H-pyrrole nitrogens is 2. The summed E-state index contributed by atoms with van der Waals surface area (Å²) in [5.74, 6) is -0.368. The molecule has 0 bridgehead atoms. The highest BCUT2D eigenvalue weighted by Crippen LogP contribution is 2.29. The maximum atomic E-state index is 13.6. The first-order valence-corrected chi connectivity index (χ1v) is 6.87. The summed E-state index contributed by atoms with van der Waals surface area (Å²) < 4.78 is 13.6. The number of hydrogen-bond acceptors (Lipinski definition) is 4. The molecule has 0 spiro atoms. The normalized spacial score (nSPS) is 11.0. The lowest BCUT2D eigenvalue weighted by molar-refractivity contribution is 0.628. The second-order valence-electron chi connectivity index (χ2n) is 4.94. The Bertz CT molecular complexity index is 1050. The zero-order valence-electron chi connectivity index (χ0n) is 11.7. The molecule has 3 heterocycles. The molecule has 3 aromatic heterocycles. The molecule has 6 nitrogen and oxygen atoms in total. The lowest BCUT2D eigenvalue weighted by Gasteiger charge is -2.08. The van der Waals surface area contributed by atoms with Crippen molar-refractivity contribution in [2.75, 3.05) is 0 Å². The van der Waals surface area contributed by atoms with E-state index in [1.54, 1.807) is 36.7 Å². The van der Waals surface area contributed by atoms with E-state index in [1.807, 2.05) is 0 Å². The van der Waals surface area contributed by atoms with Gasteiger partial charge >= 0.3 is 5.69 Å². The lowest BCUT2D eigenvalue weighted by Crippen LogP contribution is -1.99. The van der Waals surface area contributed by atoms with Gasteiger partial charge in [0, 0.05) is 23.5 Å². The number of imidazole rings is 1. The molecule has 1 aromatic carbocycles. The molecule has 0 saturated heterocycles. The molecule has 0 radical (unpaired) electrons. The van der Waals surface area contributed by atoms with E-state index in [9.17, 15) is 9.18 Å². The lowest BCUT2D eigenvalue weighted by atomic mass is 10.0. The molecule has 0 amide bonds. The highest BCUT2D eigenvalue weighted by molar-refractivity contribution is 5.83. The van der Waals surface area contributed by atoms with Gasteiger partial charge < -0.3 is 0 Å². The fourth-order valence-corrected chi connectivity index (χ4v) is 2.40. The Labute approximate surface area is 129 Å². The first kappa shape index (κ1) is 13.3. The Balaban J connectivity index is 2.05. The van der Waals surface area contributed by atoms with Crippen LogP contribution in [0.4, 0.5) is 4.39 Å². The summed E-state index contributed by atoms with van der Waals surface area (Å²) in [6.45, 7) is 0. The quantitative estimate of drug-likeness (QED) is 0.595. The van der Waals surface area contributed by atoms with E-state index in [4.69, 9.17) is 0 Å². The minimum atomic E-state index is -0.392. The summed E-state index contributed by atoms with van der Waals surface area (Å²) in [6.07, 6.45) is 3.27. The van der Waals surface area contributed by atoms with Gasteiger partial charge in [-0.05, 0) is 24.3 Å². The first-order valence-electron chi connectivity index (χ1n) is 6.87. The first-order chi connectivity index (χ1) is 11.2. The van der Waals surface area contributed by atoms with Gasteiger partial charge in [-0.1, -0.05) is 12.1 Å². The molecule has 4 rings (SSSR count). The third kappa shape index (κ3) is 2.38. The van der Waals surface area contributed by atoms with Gasteiger partial charge in [0.25, 0.3) is 0 Å². The monoisotopic (exact) mass is 307 g/mol. The van der Waals surface area contributed by atoms with Crippen molar-refractivity contribution >= 4 is 11.3 Å². The Morgan fingerprint density at radius 3 is 2.17 bits per heavy atom. The van der Waals surface area contributed by atoms with Gasteiger partial charge in [0.05, 0.1) is 11.4 Å². The highest BCUT2D eigenvalue weighted by Gasteiger charge is 2.15. The van der Waals surface area contributed by atoms with Crippen LogP contribution >= 0.6 is 0 Å². The molecule has 7 heteroatoms. The molecular formula is C16H10FN5O. The summed E-state index contributed by atoms with van der Waals surface area (Å²) in [5, 5.41) is 0. The molecule has 0 aliphatic rings. The molecule has 0 fully saturated rings. The summed E-state index contributed by atoms with van der Waals surface area (Å²) in [4.78, 5) is 29.5. The predicted molar refractivity (Wildman–Crippen MR) is 83.1 cm³/mol. The number of fused-ring (bicyclic) bond motifs is 1. The van der Waals surface area contributed by atoms with Crippen LogP contribution in [0.3, 0.4) is 0 Å². The fraction of sp³-hybridized carbons (Fsp3) is 0. The summed E-state index contributed by atoms with van der Waals surface area (Å²) in [6, 6.07) is 9.65. The third-order valence-corrected chi connectivity index (χ3v) is 3.41. The van der Waals surface area contributed by atoms with Gasteiger partial charge in [0.1, 0.15) is 5.82 Å². The van der Waals surface area contributed by atoms with Crippen molar-refractivity contribution in [3.05, 3.63) is 65.1 Å². The van der Waals surface area contributed by atoms with Crippen molar-refractivity contribution in [1.82, 2.24) is 24.9 Å². The molecule has 23 heavy (non-hydrogen) atoms. The van der Waals surface area contributed by atoms with Crippen LogP contribution in [0.5, 0.6) is 0 Å². The van der Waals surface area contributed by atoms with Crippen molar-refractivity contribution in [3.63, 3.8) is 0 Å². The zero-order chi connectivity index (χ0) is 15.8. The Morgan fingerprint density at radius 1 is 0.870 bits per heavy atom. The second-order valence-corrected chi connectivity index (χ2v) is 4.94. The maximum Gasteiger partial charge on any atom is 0.326 e. The van der Waals surface area contributed by atoms with Gasteiger partial charge in [-0.15, -0.1) is 0 Å². The Kier molecular flexibility index (Phi) is 2.97. The largest absolute Gasteiger partial charge is 0.326 e. The smallest absolute Gasteiger partial charge is 0.289 e. The average molecular weight is 307 g/mol. The van der Waals surface area contributed by atoms with Crippen LogP contribution in [0.15, 0.2) is 53.6 Å². The molecule has 0 saturated carbocycles. The van der Waals surface area contributed by atoms with Gasteiger partial charge in [-0.2, -0.15) is 0 Å². The van der Waals surface area contributed by atoms with Crippen LogP contribution in [-0.4, -0.2) is 24.9 Å². The van der Waals surface area contributed by atoms with E-state index >= 15 is 0 Å². The van der Waals surface area contributed by atoms with Gasteiger partial charge in [0.15, 0.2) is 11.3 Å². The van der Waals surface area contributed by atoms with E-state index in [1.165, 1.54) is 12.1 Å². The van der Waals surface area contributed by atoms with E-state index in [0.717, 1.165) is 5.56 Å². The number of aromatic amines is 2. The van der Waals surface area contributed by atoms with Crippen LogP contribution in [0, 0.1) is 5.82 Å². The number of hydrogen-bond donors (Lipinski definition) is 2. The fourth-order valence-electron chi connectivity index (χ4n) is 2.40. The number of benzene rings is 1. The second kappa shape index (κ2) is 5.13.